The van der Waals surface area contributed by atoms with E-state index in [4.69, 9.17) is 11.6 Å². The van der Waals surface area contributed by atoms with Crippen molar-refractivity contribution in [3.05, 3.63) is 22.8 Å². The normalized spacial score (nSPS) is 15.0. The molecule has 0 unspecified atom stereocenters. The minimum atomic E-state index is 0.657. The van der Waals surface area contributed by atoms with E-state index in [1.54, 1.807) is 0 Å². The molecule has 0 amide bonds. The van der Waals surface area contributed by atoms with Gasteiger partial charge in [0.05, 0.1) is 5.02 Å². The lowest BCUT2D eigenvalue weighted by atomic mass is 10.2. The van der Waals surface area contributed by atoms with Crippen LogP contribution in [0.1, 0.15) is 32.3 Å². The van der Waals surface area contributed by atoms with Crippen LogP contribution in [-0.4, -0.2) is 24.1 Å². The number of hydrogen-bond donors (Lipinski definition) is 1. The topological polar surface area (TPSA) is 28.2 Å². The van der Waals surface area contributed by atoms with Gasteiger partial charge in [0.2, 0.25) is 0 Å². The van der Waals surface area contributed by atoms with Crippen LogP contribution >= 0.6 is 11.6 Å². The Balaban J connectivity index is 2.12. The van der Waals surface area contributed by atoms with Crippen molar-refractivity contribution >= 4 is 17.4 Å². The predicted molar refractivity (Wildman–Crippen MR) is 72.7 cm³/mol. The predicted octanol–water partition coefficient (Wildman–Crippen LogP) is 2.83. The van der Waals surface area contributed by atoms with Gasteiger partial charge in [-0.2, -0.15) is 0 Å². The lowest BCUT2D eigenvalue weighted by Gasteiger charge is -2.22. The highest BCUT2D eigenvalue weighted by Gasteiger charge is 2.29. The van der Waals surface area contributed by atoms with Crippen molar-refractivity contribution in [2.45, 2.75) is 39.3 Å². The first-order valence-corrected chi connectivity index (χ1v) is 6.75. The molecule has 0 aliphatic heterocycles. The molecule has 0 radical (unpaired) electrons. The average Bonchev–Trinajstić information content (AvgIpc) is 3.14. The summed E-state index contributed by atoms with van der Waals surface area (Å²) in [7, 11) is 0. The summed E-state index contributed by atoms with van der Waals surface area (Å²) in [6.45, 7) is 7.02. The fourth-order valence-corrected chi connectivity index (χ4v) is 2.31. The number of rotatable bonds is 6. The number of hydrogen-bond acceptors (Lipinski definition) is 3. The minimum absolute atomic E-state index is 0.657. The average molecular weight is 254 g/mol. The molecule has 1 saturated carbocycles. The summed E-state index contributed by atoms with van der Waals surface area (Å²) in [5.41, 5.74) is 1.15. The van der Waals surface area contributed by atoms with Crippen molar-refractivity contribution in [1.82, 2.24) is 10.3 Å². The molecule has 0 spiro atoms. The molecule has 3 nitrogen and oxygen atoms in total. The van der Waals surface area contributed by atoms with Crippen LogP contribution < -0.4 is 10.2 Å². The van der Waals surface area contributed by atoms with Crippen molar-refractivity contribution in [3.8, 4) is 0 Å². The zero-order valence-electron chi connectivity index (χ0n) is 10.5. The van der Waals surface area contributed by atoms with Gasteiger partial charge in [0.15, 0.2) is 0 Å². The Morgan fingerprint density at radius 1 is 1.47 bits per heavy atom. The van der Waals surface area contributed by atoms with Gasteiger partial charge < -0.3 is 10.2 Å². The van der Waals surface area contributed by atoms with Gasteiger partial charge in [-0.1, -0.05) is 18.5 Å². The number of pyridine rings is 1. The van der Waals surface area contributed by atoms with Gasteiger partial charge in [0.25, 0.3) is 0 Å². The molecule has 1 aliphatic carbocycles. The molecule has 0 saturated heterocycles. The third-order valence-corrected chi connectivity index (χ3v) is 3.34. The van der Waals surface area contributed by atoms with Crippen molar-refractivity contribution in [3.63, 3.8) is 0 Å². The SMILES string of the molecule is CCNCc1cnc(N(CC)C2CC2)c(Cl)c1. The van der Waals surface area contributed by atoms with Crippen molar-refractivity contribution in [2.75, 3.05) is 18.0 Å². The van der Waals surface area contributed by atoms with Crippen LogP contribution in [0.3, 0.4) is 0 Å². The maximum Gasteiger partial charge on any atom is 0.147 e. The number of halogens is 1. The number of nitrogens with one attached hydrogen (secondary N) is 1. The van der Waals surface area contributed by atoms with E-state index in [0.29, 0.717) is 6.04 Å². The molecule has 1 aromatic heterocycles. The van der Waals surface area contributed by atoms with E-state index in [1.165, 1.54) is 12.8 Å². The summed E-state index contributed by atoms with van der Waals surface area (Å²) < 4.78 is 0. The van der Waals surface area contributed by atoms with Gasteiger partial charge in [-0.15, -0.1) is 0 Å². The van der Waals surface area contributed by atoms with Gasteiger partial charge in [0.1, 0.15) is 5.82 Å². The summed E-state index contributed by atoms with van der Waals surface area (Å²) in [5, 5.41) is 4.05. The molecular weight excluding hydrogens is 234 g/mol. The van der Waals surface area contributed by atoms with Gasteiger partial charge in [0, 0.05) is 25.3 Å². The lowest BCUT2D eigenvalue weighted by molar-refractivity contribution is 0.723. The second-order valence-electron chi connectivity index (χ2n) is 4.45. The largest absolute Gasteiger partial charge is 0.353 e. The fourth-order valence-electron chi connectivity index (χ4n) is 2.01. The maximum absolute atomic E-state index is 6.32. The quantitative estimate of drug-likeness (QED) is 0.845. The molecule has 1 fully saturated rings. The Labute approximate surface area is 108 Å². The van der Waals surface area contributed by atoms with Crippen LogP contribution in [0.4, 0.5) is 5.82 Å². The van der Waals surface area contributed by atoms with Crippen molar-refractivity contribution in [2.24, 2.45) is 0 Å². The Hall–Kier alpha value is -0.800. The van der Waals surface area contributed by atoms with E-state index in [-0.39, 0.29) is 0 Å². The van der Waals surface area contributed by atoms with Crippen molar-refractivity contribution in [1.29, 1.82) is 0 Å². The molecule has 0 atom stereocenters. The summed E-state index contributed by atoms with van der Waals surface area (Å²) >= 11 is 6.32. The molecule has 1 aromatic rings. The van der Waals surface area contributed by atoms with Crippen LogP contribution in [0.5, 0.6) is 0 Å². The molecule has 0 bridgehead atoms. The molecule has 1 heterocycles. The molecule has 1 N–H and O–H groups in total. The first kappa shape index (κ1) is 12.7. The number of nitrogens with zero attached hydrogens (tertiary/aromatic N) is 2. The van der Waals surface area contributed by atoms with Gasteiger partial charge in [-0.25, -0.2) is 4.98 Å². The first-order chi connectivity index (χ1) is 8.26. The molecule has 94 valence electrons. The summed E-state index contributed by atoms with van der Waals surface area (Å²) in [4.78, 5) is 6.82. The number of anilines is 1. The molecule has 4 heteroatoms. The fraction of sp³-hybridized carbons (Fsp3) is 0.615. The van der Waals surface area contributed by atoms with Crippen LogP contribution in [-0.2, 0) is 6.54 Å². The van der Waals surface area contributed by atoms with Crippen LogP contribution in [0.2, 0.25) is 5.02 Å². The molecule has 0 aromatic carbocycles. The molecular formula is C13H20ClN3. The van der Waals surface area contributed by atoms with E-state index in [9.17, 15) is 0 Å². The highest BCUT2D eigenvalue weighted by molar-refractivity contribution is 6.33. The van der Waals surface area contributed by atoms with Gasteiger partial charge in [-0.3, -0.25) is 0 Å². The second-order valence-corrected chi connectivity index (χ2v) is 4.85. The smallest absolute Gasteiger partial charge is 0.147 e. The second kappa shape index (κ2) is 5.69. The molecule has 1 aliphatic rings. The monoisotopic (exact) mass is 253 g/mol. The van der Waals surface area contributed by atoms with E-state index in [0.717, 1.165) is 36.0 Å². The Bertz CT molecular complexity index is 377. The van der Waals surface area contributed by atoms with Gasteiger partial charge >= 0.3 is 0 Å². The maximum atomic E-state index is 6.32. The summed E-state index contributed by atoms with van der Waals surface area (Å²) in [6.07, 6.45) is 4.46. The molecule has 2 rings (SSSR count). The molecule has 17 heavy (non-hydrogen) atoms. The minimum Gasteiger partial charge on any atom is -0.353 e. The third-order valence-electron chi connectivity index (χ3n) is 3.06. The van der Waals surface area contributed by atoms with E-state index < -0.39 is 0 Å². The van der Waals surface area contributed by atoms with Crippen LogP contribution in [0.15, 0.2) is 12.3 Å². The zero-order valence-corrected chi connectivity index (χ0v) is 11.3. The van der Waals surface area contributed by atoms with Crippen LogP contribution in [0, 0.1) is 0 Å². The zero-order chi connectivity index (χ0) is 12.3. The first-order valence-electron chi connectivity index (χ1n) is 6.38. The summed E-state index contributed by atoms with van der Waals surface area (Å²) in [5.74, 6) is 0.942. The Kier molecular flexibility index (Phi) is 4.24. The number of aromatic nitrogens is 1. The van der Waals surface area contributed by atoms with E-state index in [1.807, 2.05) is 12.3 Å². The van der Waals surface area contributed by atoms with Crippen molar-refractivity contribution < 1.29 is 0 Å². The van der Waals surface area contributed by atoms with E-state index >= 15 is 0 Å². The highest BCUT2D eigenvalue weighted by atomic mass is 35.5. The Morgan fingerprint density at radius 3 is 2.76 bits per heavy atom. The highest BCUT2D eigenvalue weighted by Crippen LogP contribution is 2.34. The van der Waals surface area contributed by atoms with Crippen LogP contribution in [0.25, 0.3) is 0 Å². The van der Waals surface area contributed by atoms with Gasteiger partial charge in [-0.05, 0) is 37.9 Å². The summed E-state index contributed by atoms with van der Waals surface area (Å²) in [6, 6.07) is 2.68. The lowest BCUT2D eigenvalue weighted by Crippen LogP contribution is -2.26. The Morgan fingerprint density at radius 2 is 2.24 bits per heavy atom. The standard InChI is InChI=1S/C13H20ClN3/c1-3-15-8-10-7-12(14)13(16-9-10)17(4-2)11-5-6-11/h7,9,11,15H,3-6,8H2,1-2H3. The van der Waals surface area contributed by atoms with E-state index in [2.05, 4.69) is 29.0 Å². The third kappa shape index (κ3) is 3.11.